The summed E-state index contributed by atoms with van der Waals surface area (Å²) in [5.41, 5.74) is 1.07. The van der Waals surface area contributed by atoms with Gasteiger partial charge in [0.25, 0.3) is 5.91 Å². The van der Waals surface area contributed by atoms with E-state index in [0.717, 1.165) is 5.56 Å². The van der Waals surface area contributed by atoms with E-state index in [0.29, 0.717) is 24.1 Å². The van der Waals surface area contributed by atoms with Crippen molar-refractivity contribution in [2.24, 2.45) is 0 Å². The number of hydrogen-bond acceptors (Lipinski definition) is 2. The summed E-state index contributed by atoms with van der Waals surface area (Å²) >= 11 is 0. The average Bonchev–Trinajstić information content (AvgIpc) is 2.25. The lowest BCUT2D eigenvalue weighted by molar-refractivity contribution is -0.874. The van der Waals surface area contributed by atoms with Gasteiger partial charge in [0.05, 0.1) is 14.1 Å². The summed E-state index contributed by atoms with van der Waals surface area (Å²) in [5, 5.41) is 2.86. The largest absolute Gasteiger partial charge is 0.347 e. The molecule has 0 aliphatic carbocycles. The molecule has 0 aliphatic rings. The maximum absolute atomic E-state index is 11.8. The van der Waals surface area contributed by atoms with Gasteiger partial charge in [-0.05, 0) is 5.56 Å². The van der Waals surface area contributed by atoms with E-state index in [1.54, 1.807) is 6.92 Å². The zero-order chi connectivity index (χ0) is 13.6. The highest BCUT2D eigenvalue weighted by molar-refractivity contribution is 5.79. The Kier molecular flexibility index (Phi) is 5.04. The number of ketones is 1. The van der Waals surface area contributed by atoms with Gasteiger partial charge in [-0.1, -0.05) is 30.3 Å². The molecule has 0 bridgehead atoms. The summed E-state index contributed by atoms with van der Waals surface area (Å²) in [7, 11) is 3.76. The zero-order valence-corrected chi connectivity index (χ0v) is 11.3. The lowest BCUT2D eigenvalue weighted by Crippen LogP contribution is -2.49. The van der Waals surface area contributed by atoms with Gasteiger partial charge in [0.15, 0.2) is 12.3 Å². The minimum absolute atomic E-state index is 0.0369. The molecule has 0 atom stereocenters. The first-order valence-corrected chi connectivity index (χ1v) is 6.01. The molecule has 1 aromatic carbocycles. The second-order valence-corrected chi connectivity index (χ2v) is 5.22. The van der Waals surface area contributed by atoms with Gasteiger partial charge in [-0.25, -0.2) is 0 Å². The molecule has 1 aromatic rings. The van der Waals surface area contributed by atoms with E-state index in [2.05, 4.69) is 5.32 Å². The Hall–Kier alpha value is -1.68. The highest BCUT2D eigenvalue weighted by Crippen LogP contribution is 1.99. The van der Waals surface area contributed by atoms with Crippen LogP contribution in [0.15, 0.2) is 30.3 Å². The van der Waals surface area contributed by atoms with Crippen LogP contribution in [0.5, 0.6) is 0 Å². The number of hydrogen-bond donors (Lipinski definition) is 1. The quantitative estimate of drug-likeness (QED) is 0.764. The van der Waals surface area contributed by atoms with Crippen LogP contribution in [-0.4, -0.2) is 43.4 Å². The normalized spacial score (nSPS) is 11.1. The molecule has 1 amide bonds. The number of amides is 1. The predicted molar refractivity (Wildman–Crippen MR) is 70.8 cm³/mol. The summed E-state index contributed by atoms with van der Waals surface area (Å²) in [5.74, 6) is 0.0564. The maximum atomic E-state index is 11.8. The van der Waals surface area contributed by atoms with Gasteiger partial charge < -0.3 is 9.80 Å². The summed E-state index contributed by atoms with van der Waals surface area (Å²) < 4.78 is 0.385. The van der Waals surface area contributed by atoms with E-state index in [4.69, 9.17) is 0 Å². The van der Waals surface area contributed by atoms with Gasteiger partial charge in [0.2, 0.25) is 0 Å². The van der Waals surface area contributed by atoms with Gasteiger partial charge in [-0.3, -0.25) is 9.59 Å². The minimum atomic E-state index is -0.0369. The van der Waals surface area contributed by atoms with Crippen molar-refractivity contribution in [3.05, 3.63) is 35.9 Å². The molecule has 0 fully saturated rings. The fourth-order valence-corrected chi connectivity index (χ4v) is 1.90. The van der Waals surface area contributed by atoms with Crippen LogP contribution in [0, 0.1) is 0 Å². The third-order valence-corrected chi connectivity index (χ3v) is 2.55. The number of Topliss-reactive ketones (excluding diaryl/α,β-unsaturated/α-hetero) is 1. The van der Waals surface area contributed by atoms with Crippen LogP contribution in [0.3, 0.4) is 0 Å². The van der Waals surface area contributed by atoms with Crippen LogP contribution in [0.2, 0.25) is 0 Å². The molecule has 98 valence electrons. The number of benzene rings is 1. The standard InChI is InChI=1S/C14H20N2O2/c1-12(17)10-16(2,3)11-14(18)15-9-13-7-5-4-6-8-13/h4-8H,9-11H2,1-3H3/p+1. The third kappa shape index (κ3) is 5.59. The molecule has 0 saturated carbocycles. The topological polar surface area (TPSA) is 46.2 Å². The molecular weight excluding hydrogens is 228 g/mol. The summed E-state index contributed by atoms with van der Waals surface area (Å²) in [6.45, 7) is 2.76. The number of nitrogens with zero attached hydrogens (tertiary/aromatic N) is 1. The lowest BCUT2D eigenvalue weighted by Gasteiger charge is -2.27. The van der Waals surface area contributed by atoms with Gasteiger partial charge in [0.1, 0.15) is 6.54 Å². The van der Waals surface area contributed by atoms with Crippen LogP contribution in [0.4, 0.5) is 0 Å². The average molecular weight is 249 g/mol. The second-order valence-electron chi connectivity index (χ2n) is 5.22. The van der Waals surface area contributed by atoms with Gasteiger partial charge in [-0.15, -0.1) is 0 Å². The number of likely N-dealkylation sites (N-methyl/N-ethyl adjacent to an activating group) is 1. The summed E-state index contributed by atoms with van der Waals surface area (Å²) in [4.78, 5) is 22.8. The minimum Gasteiger partial charge on any atom is -0.347 e. The van der Waals surface area contributed by atoms with Crippen LogP contribution >= 0.6 is 0 Å². The Bertz CT molecular complexity index is 413. The van der Waals surface area contributed by atoms with Crippen molar-refractivity contribution in [3.63, 3.8) is 0 Å². The number of carbonyl (C=O) groups is 2. The molecule has 0 aromatic heterocycles. The second kappa shape index (κ2) is 6.31. The van der Waals surface area contributed by atoms with E-state index in [9.17, 15) is 9.59 Å². The maximum Gasteiger partial charge on any atom is 0.275 e. The molecule has 0 spiro atoms. The molecule has 0 saturated heterocycles. The number of nitrogens with one attached hydrogen (secondary N) is 1. The highest BCUT2D eigenvalue weighted by atomic mass is 16.2. The van der Waals surface area contributed by atoms with Crippen LogP contribution in [0.1, 0.15) is 12.5 Å². The molecular formula is C14H21N2O2+. The van der Waals surface area contributed by atoms with E-state index in [-0.39, 0.29) is 11.7 Å². The van der Waals surface area contributed by atoms with Crippen LogP contribution < -0.4 is 5.32 Å². The van der Waals surface area contributed by atoms with Gasteiger partial charge in [-0.2, -0.15) is 0 Å². The van der Waals surface area contributed by atoms with Crippen molar-refractivity contribution in [2.75, 3.05) is 27.2 Å². The first-order chi connectivity index (χ1) is 8.39. The first-order valence-electron chi connectivity index (χ1n) is 6.01. The molecule has 0 heterocycles. The third-order valence-electron chi connectivity index (χ3n) is 2.55. The van der Waals surface area contributed by atoms with Crippen molar-refractivity contribution in [3.8, 4) is 0 Å². The van der Waals surface area contributed by atoms with Crippen LogP contribution in [-0.2, 0) is 16.1 Å². The van der Waals surface area contributed by atoms with Crippen molar-refractivity contribution in [1.29, 1.82) is 0 Å². The van der Waals surface area contributed by atoms with E-state index < -0.39 is 0 Å². The molecule has 0 unspecified atom stereocenters. The fraction of sp³-hybridized carbons (Fsp3) is 0.429. The molecule has 0 aliphatic heterocycles. The van der Waals surface area contributed by atoms with E-state index >= 15 is 0 Å². The number of quaternary nitrogens is 1. The monoisotopic (exact) mass is 249 g/mol. The molecule has 18 heavy (non-hydrogen) atoms. The van der Waals surface area contributed by atoms with Crippen molar-refractivity contribution < 1.29 is 14.1 Å². The summed E-state index contributed by atoms with van der Waals surface area (Å²) in [6.07, 6.45) is 0. The zero-order valence-electron chi connectivity index (χ0n) is 11.3. The lowest BCUT2D eigenvalue weighted by atomic mass is 10.2. The molecule has 0 radical (unpaired) electrons. The first kappa shape index (κ1) is 14.4. The Balaban J connectivity index is 2.40. The Morgan fingerprint density at radius 2 is 1.72 bits per heavy atom. The summed E-state index contributed by atoms with van der Waals surface area (Å²) in [6, 6.07) is 9.76. The number of carbonyl (C=O) groups excluding carboxylic acids is 2. The van der Waals surface area contributed by atoms with Crippen molar-refractivity contribution in [2.45, 2.75) is 13.5 Å². The SMILES string of the molecule is CC(=O)C[N+](C)(C)CC(=O)NCc1ccccc1. The molecule has 4 nitrogen and oxygen atoms in total. The van der Waals surface area contributed by atoms with E-state index in [1.165, 1.54) is 0 Å². The smallest absolute Gasteiger partial charge is 0.275 e. The Morgan fingerprint density at radius 1 is 1.11 bits per heavy atom. The Labute approximate surface area is 108 Å². The van der Waals surface area contributed by atoms with Crippen LogP contribution in [0.25, 0.3) is 0 Å². The number of rotatable bonds is 6. The Morgan fingerprint density at radius 3 is 2.28 bits per heavy atom. The van der Waals surface area contributed by atoms with Crippen molar-refractivity contribution in [1.82, 2.24) is 5.32 Å². The van der Waals surface area contributed by atoms with Gasteiger partial charge >= 0.3 is 0 Å². The molecule has 4 heteroatoms. The van der Waals surface area contributed by atoms with E-state index in [1.807, 2.05) is 44.4 Å². The fourth-order valence-electron chi connectivity index (χ4n) is 1.90. The molecule has 1 rings (SSSR count). The van der Waals surface area contributed by atoms with Crippen molar-refractivity contribution >= 4 is 11.7 Å². The highest BCUT2D eigenvalue weighted by Gasteiger charge is 2.21. The predicted octanol–water partition coefficient (Wildman–Crippen LogP) is 0.968. The molecule has 1 N–H and O–H groups in total. The van der Waals surface area contributed by atoms with Gasteiger partial charge in [0, 0.05) is 13.5 Å².